The Morgan fingerprint density at radius 1 is 1.32 bits per heavy atom. The molecule has 0 unspecified atom stereocenters. The van der Waals surface area contributed by atoms with Crippen LogP contribution in [0, 0.1) is 6.92 Å². The molecule has 1 aliphatic heterocycles. The second-order valence-corrected chi connectivity index (χ2v) is 8.08. The third kappa shape index (κ3) is 6.38. The van der Waals surface area contributed by atoms with Crippen molar-refractivity contribution >= 4 is 28.9 Å². The maximum Gasteiger partial charge on any atom is 0.573 e. The van der Waals surface area contributed by atoms with Gasteiger partial charge in [-0.05, 0) is 48.7 Å². The number of carbonyl (C=O) groups excluding carboxylic acids is 1. The number of aliphatic hydroxyl groups is 3. The molecule has 2 heterocycles. The lowest BCUT2D eigenvalue weighted by atomic mass is 10.0. The number of halogens is 4. The van der Waals surface area contributed by atoms with E-state index in [0.717, 1.165) is 11.6 Å². The number of aromatic nitrogens is 1. The number of hydrogen-bond acceptors (Lipinski definition) is 6. The molecule has 1 aromatic carbocycles. The monoisotopic (exact) mass is 501 g/mol. The summed E-state index contributed by atoms with van der Waals surface area (Å²) in [4.78, 5) is 18.3. The quantitative estimate of drug-likeness (QED) is 0.480. The zero-order valence-corrected chi connectivity index (χ0v) is 18.8. The van der Waals surface area contributed by atoms with E-state index in [0.29, 0.717) is 24.3 Å². The minimum absolute atomic E-state index is 0.219. The Hall–Kier alpha value is -2.86. The molecule has 12 heteroatoms. The molecule has 3 rings (SSSR count). The zero-order chi connectivity index (χ0) is 25.0. The van der Waals surface area contributed by atoms with Crippen molar-refractivity contribution in [2.45, 2.75) is 31.9 Å². The van der Waals surface area contributed by atoms with E-state index in [1.54, 1.807) is 6.08 Å². The number of alkyl halides is 3. The van der Waals surface area contributed by atoms with Crippen molar-refractivity contribution in [3.63, 3.8) is 0 Å². The summed E-state index contributed by atoms with van der Waals surface area (Å²) < 4.78 is 41.2. The van der Waals surface area contributed by atoms with Crippen molar-refractivity contribution in [1.29, 1.82) is 0 Å². The van der Waals surface area contributed by atoms with Gasteiger partial charge in [0, 0.05) is 30.5 Å². The summed E-state index contributed by atoms with van der Waals surface area (Å²) >= 11 is 6.30. The lowest BCUT2D eigenvalue weighted by Gasteiger charge is -2.27. The van der Waals surface area contributed by atoms with Gasteiger partial charge < -0.3 is 30.3 Å². The predicted octanol–water partition coefficient (Wildman–Crippen LogP) is 3.65. The van der Waals surface area contributed by atoms with Gasteiger partial charge in [0.1, 0.15) is 18.0 Å². The Bertz CT molecular complexity index is 1080. The number of pyridine rings is 1. The topological polar surface area (TPSA) is 115 Å². The van der Waals surface area contributed by atoms with Crippen LogP contribution in [0.3, 0.4) is 0 Å². The first kappa shape index (κ1) is 25.8. The summed E-state index contributed by atoms with van der Waals surface area (Å²) in [5, 5.41) is 31.4. The lowest BCUT2D eigenvalue weighted by molar-refractivity contribution is -0.274. The molecule has 4 N–H and O–H groups in total. The van der Waals surface area contributed by atoms with E-state index in [1.807, 2.05) is 0 Å². The van der Waals surface area contributed by atoms with Gasteiger partial charge in [0.25, 0.3) is 0 Å². The van der Waals surface area contributed by atoms with Gasteiger partial charge in [-0.3, -0.25) is 4.98 Å². The number of aliphatic hydroxyl groups excluding tert-OH is 3. The van der Waals surface area contributed by atoms with Crippen molar-refractivity contribution in [3.05, 3.63) is 58.4 Å². The van der Waals surface area contributed by atoms with Gasteiger partial charge in [-0.25, -0.2) is 4.79 Å². The van der Waals surface area contributed by atoms with Gasteiger partial charge in [0.15, 0.2) is 0 Å². The van der Waals surface area contributed by atoms with Gasteiger partial charge >= 0.3 is 12.4 Å². The molecule has 0 bridgehead atoms. The lowest BCUT2D eigenvalue weighted by Crippen LogP contribution is -2.38. The number of amides is 2. The van der Waals surface area contributed by atoms with Gasteiger partial charge in [0.05, 0.1) is 17.3 Å². The molecule has 0 aliphatic carbocycles. The van der Waals surface area contributed by atoms with Crippen LogP contribution < -0.4 is 10.1 Å². The minimum Gasteiger partial charge on any atom is -0.406 e. The Morgan fingerprint density at radius 3 is 2.62 bits per heavy atom. The number of anilines is 1. The Morgan fingerprint density at radius 2 is 2.06 bits per heavy atom. The normalized spacial score (nSPS) is 16.0. The average molecular weight is 502 g/mol. The number of rotatable bonds is 6. The fourth-order valence-electron chi connectivity index (χ4n) is 3.41. The van der Waals surface area contributed by atoms with Crippen LogP contribution >= 0.6 is 11.6 Å². The number of aryl methyl sites for hydroxylation is 1. The number of ether oxygens (including phenoxy) is 1. The largest absolute Gasteiger partial charge is 0.573 e. The Balaban J connectivity index is 1.63. The molecule has 0 saturated carbocycles. The van der Waals surface area contributed by atoms with E-state index in [1.165, 1.54) is 36.2 Å². The van der Waals surface area contributed by atoms with Crippen LogP contribution in [0.1, 0.15) is 29.3 Å². The van der Waals surface area contributed by atoms with Crippen molar-refractivity contribution in [3.8, 4) is 5.75 Å². The molecule has 1 aliphatic rings. The number of carbonyl (C=O) groups is 1. The standard InChI is InChI=1S/C22H23ClF3N3O5/c1-12-8-15(2-3-18(12)34-22(24,25)26)28-21(33)29-6-4-13(5-7-29)19-16(23)9-14(10-27-19)20(32)17(31)11-30/h2-4,8-10,17,20,30-32H,5-7,11H2,1H3,(H,28,33)/t17-,20-/m0/s1. The van der Waals surface area contributed by atoms with E-state index >= 15 is 0 Å². The maximum absolute atomic E-state index is 12.6. The third-order valence-corrected chi connectivity index (χ3v) is 5.50. The van der Waals surface area contributed by atoms with Crippen LogP contribution in [0.4, 0.5) is 23.7 Å². The van der Waals surface area contributed by atoms with Crippen LogP contribution in [-0.4, -0.2) is 63.4 Å². The van der Waals surface area contributed by atoms with E-state index in [-0.39, 0.29) is 28.4 Å². The second-order valence-electron chi connectivity index (χ2n) is 7.68. The summed E-state index contributed by atoms with van der Waals surface area (Å²) in [5.41, 5.74) is 2.08. The molecule has 0 radical (unpaired) electrons. The van der Waals surface area contributed by atoms with Gasteiger partial charge in [-0.15, -0.1) is 13.2 Å². The SMILES string of the molecule is Cc1cc(NC(=O)N2CC=C(c3ncc([C@H](O)[C@@H](O)CO)cc3Cl)CC2)ccc1OC(F)(F)F. The number of nitrogens with zero attached hydrogens (tertiary/aromatic N) is 2. The molecule has 0 saturated heterocycles. The summed E-state index contributed by atoms with van der Waals surface area (Å²) in [7, 11) is 0. The Labute approximate surface area is 198 Å². The number of benzene rings is 1. The highest BCUT2D eigenvalue weighted by Gasteiger charge is 2.31. The van der Waals surface area contributed by atoms with Gasteiger partial charge in [0.2, 0.25) is 0 Å². The molecule has 8 nitrogen and oxygen atoms in total. The molecule has 0 spiro atoms. The molecule has 184 valence electrons. The molecule has 0 fully saturated rings. The first-order chi connectivity index (χ1) is 16.0. The van der Waals surface area contributed by atoms with Crippen molar-refractivity contribution < 1.29 is 38.0 Å². The van der Waals surface area contributed by atoms with Crippen molar-refractivity contribution in [1.82, 2.24) is 9.88 Å². The third-order valence-electron chi connectivity index (χ3n) is 5.21. The minimum atomic E-state index is -4.80. The molecular formula is C22H23ClF3N3O5. The summed E-state index contributed by atoms with van der Waals surface area (Å²) in [6.07, 6.45) is -3.91. The van der Waals surface area contributed by atoms with Crippen LogP contribution in [0.25, 0.3) is 5.57 Å². The van der Waals surface area contributed by atoms with Crippen LogP contribution in [0.5, 0.6) is 5.75 Å². The molecule has 1 aromatic heterocycles. The second kappa shape index (κ2) is 10.6. The van der Waals surface area contributed by atoms with E-state index < -0.39 is 31.2 Å². The highest BCUT2D eigenvalue weighted by Crippen LogP contribution is 2.31. The molecule has 2 atom stereocenters. The summed E-state index contributed by atoms with van der Waals surface area (Å²) in [6, 6.07) is 4.89. The first-order valence-corrected chi connectivity index (χ1v) is 10.6. The average Bonchev–Trinajstić information content (AvgIpc) is 2.79. The van der Waals surface area contributed by atoms with E-state index in [4.69, 9.17) is 16.7 Å². The van der Waals surface area contributed by atoms with Crippen LogP contribution in [-0.2, 0) is 0 Å². The highest BCUT2D eigenvalue weighted by molar-refractivity contribution is 6.32. The zero-order valence-electron chi connectivity index (χ0n) is 18.0. The fraction of sp³-hybridized carbons (Fsp3) is 0.364. The predicted molar refractivity (Wildman–Crippen MR) is 118 cm³/mol. The van der Waals surface area contributed by atoms with Crippen LogP contribution in [0.15, 0.2) is 36.5 Å². The number of hydrogen-bond donors (Lipinski definition) is 4. The smallest absolute Gasteiger partial charge is 0.406 e. The van der Waals surface area contributed by atoms with Gasteiger partial charge in [-0.2, -0.15) is 0 Å². The Kier molecular flexibility index (Phi) is 8.03. The first-order valence-electron chi connectivity index (χ1n) is 10.2. The molecule has 34 heavy (non-hydrogen) atoms. The molecule has 2 aromatic rings. The number of nitrogens with one attached hydrogen (secondary N) is 1. The van der Waals surface area contributed by atoms with E-state index in [9.17, 15) is 28.2 Å². The molecular weight excluding hydrogens is 479 g/mol. The molecule has 2 amide bonds. The van der Waals surface area contributed by atoms with Gasteiger partial charge in [-0.1, -0.05) is 17.7 Å². The summed E-state index contributed by atoms with van der Waals surface area (Å²) in [6.45, 7) is 1.42. The fourth-order valence-corrected chi connectivity index (χ4v) is 3.71. The van der Waals surface area contributed by atoms with Crippen molar-refractivity contribution in [2.75, 3.05) is 25.0 Å². The highest BCUT2D eigenvalue weighted by atomic mass is 35.5. The number of urea groups is 1. The van der Waals surface area contributed by atoms with Crippen LogP contribution in [0.2, 0.25) is 5.02 Å². The van der Waals surface area contributed by atoms with E-state index in [2.05, 4.69) is 15.0 Å². The maximum atomic E-state index is 12.6. The van der Waals surface area contributed by atoms with Crippen molar-refractivity contribution in [2.24, 2.45) is 0 Å². The summed E-state index contributed by atoms with van der Waals surface area (Å²) in [5.74, 6) is -0.343.